The second-order valence-electron chi connectivity index (χ2n) is 7.48. The van der Waals surface area contributed by atoms with Crippen LogP contribution in [0.15, 0.2) is 30.3 Å². The van der Waals surface area contributed by atoms with E-state index < -0.39 is 25.9 Å². The number of hydrogen-bond donors (Lipinski definition) is 1. The maximum atomic E-state index is 6.33. The van der Waals surface area contributed by atoms with Gasteiger partial charge in [0.15, 0.2) is 16.6 Å². The van der Waals surface area contributed by atoms with Crippen LogP contribution in [-0.2, 0) is 8.23 Å². The zero-order valence-electron chi connectivity index (χ0n) is 14.3. The summed E-state index contributed by atoms with van der Waals surface area (Å²) < 4.78 is 12.7. The SMILES string of the molecule is C[Si](C)(C)O[SiH](CCC(N)c1ccccc1)O[Si](C)(C)C. The normalized spacial score (nSPS) is 14.5. The maximum absolute atomic E-state index is 6.33. The molecule has 0 aliphatic rings. The van der Waals surface area contributed by atoms with Crippen molar-refractivity contribution >= 4 is 25.9 Å². The van der Waals surface area contributed by atoms with Crippen molar-refractivity contribution in [2.75, 3.05) is 0 Å². The first-order chi connectivity index (χ1) is 9.57. The Hall–Kier alpha value is -0.249. The highest BCUT2D eigenvalue weighted by atomic mass is 28.4. The maximum Gasteiger partial charge on any atom is 0.300 e. The molecular formula is C15H31NO2Si3. The second kappa shape index (κ2) is 7.85. The van der Waals surface area contributed by atoms with Gasteiger partial charge < -0.3 is 14.0 Å². The average Bonchev–Trinajstić information content (AvgIpc) is 2.33. The molecule has 0 aromatic heterocycles. The molecule has 1 atom stereocenters. The van der Waals surface area contributed by atoms with Gasteiger partial charge in [-0.3, -0.25) is 0 Å². The summed E-state index contributed by atoms with van der Waals surface area (Å²) in [4.78, 5) is 0. The van der Waals surface area contributed by atoms with Gasteiger partial charge in [-0.1, -0.05) is 30.3 Å². The van der Waals surface area contributed by atoms with E-state index in [1.165, 1.54) is 5.56 Å². The first-order valence-electron chi connectivity index (χ1n) is 7.73. The van der Waals surface area contributed by atoms with Crippen molar-refractivity contribution in [3.63, 3.8) is 0 Å². The van der Waals surface area contributed by atoms with Crippen LogP contribution in [0.4, 0.5) is 0 Å². The lowest BCUT2D eigenvalue weighted by molar-refractivity contribution is 0.411. The molecule has 0 aliphatic heterocycles. The lowest BCUT2D eigenvalue weighted by Crippen LogP contribution is -2.43. The van der Waals surface area contributed by atoms with Crippen molar-refractivity contribution in [2.24, 2.45) is 5.73 Å². The van der Waals surface area contributed by atoms with Crippen molar-refractivity contribution in [3.8, 4) is 0 Å². The Labute approximate surface area is 134 Å². The average molecular weight is 342 g/mol. The monoisotopic (exact) mass is 341 g/mol. The van der Waals surface area contributed by atoms with E-state index in [0.717, 1.165) is 12.5 Å². The molecule has 1 rings (SSSR count). The molecule has 1 unspecified atom stereocenters. The van der Waals surface area contributed by atoms with Crippen LogP contribution in [0.2, 0.25) is 45.3 Å². The third-order valence-electron chi connectivity index (χ3n) is 2.91. The van der Waals surface area contributed by atoms with Crippen LogP contribution >= 0.6 is 0 Å². The molecule has 0 radical (unpaired) electrons. The summed E-state index contributed by atoms with van der Waals surface area (Å²) in [7, 11) is -4.73. The van der Waals surface area contributed by atoms with Crippen molar-refractivity contribution < 1.29 is 8.23 Å². The minimum absolute atomic E-state index is 0.0803. The van der Waals surface area contributed by atoms with Gasteiger partial charge in [-0.25, -0.2) is 0 Å². The van der Waals surface area contributed by atoms with Crippen molar-refractivity contribution in [3.05, 3.63) is 35.9 Å². The van der Waals surface area contributed by atoms with Gasteiger partial charge >= 0.3 is 9.28 Å². The first kappa shape index (κ1) is 18.8. The molecule has 3 nitrogen and oxygen atoms in total. The number of nitrogens with two attached hydrogens (primary N) is 1. The molecule has 21 heavy (non-hydrogen) atoms. The predicted octanol–water partition coefficient (Wildman–Crippen LogP) is 4.00. The molecule has 6 heteroatoms. The molecule has 0 heterocycles. The molecule has 0 saturated heterocycles. The summed E-state index contributed by atoms with van der Waals surface area (Å²) in [6.45, 7) is 13.4. The minimum atomic E-state index is -1.62. The Morgan fingerprint density at radius 3 is 1.86 bits per heavy atom. The summed E-state index contributed by atoms with van der Waals surface area (Å²) in [5.41, 5.74) is 7.50. The number of benzene rings is 1. The molecule has 1 aromatic rings. The Bertz CT molecular complexity index is 399. The van der Waals surface area contributed by atoms with Gasteiger partial charge in [0.1, 0.15) is 0 Å². The molecule has 120 valence electrons. The molecule has 0 spiro atoms. The molecule has 0 bridgehead atoms. The fourth-order valence-electron chi connectivity index (χ4n) is 2.11. The molecule has 0 fully saturated rings. The molecule has 2 N–H and O–H groups in total. The van der Waals surface area contributed by atoms with E-state index in [4.69, 9.17) is 14.0 Å². The largest absolute Gasteiger partial charge is 0.439 e. The van der Waals surface area contributed by atoms with Gasteiger partial charge in [0.25, 0.3) is 0 Å². The van der Waals surface area contributed by atoms with Gasteiger partial charge in [-0.05, 0) is 57.3 Å². The van der Waals surface area contributed by atoms with Crippen LogP contribution in [0.25, 0.3) is 0 Å². The van der Waals surface area contributed by atoms with Crippen LogP contribution in [0.1, 0.15) is 18.0 Å². The number of hydrogen-bond acceptors (Lipinski definition) is 3. The first-order valence-corrected chi connectivity index (χ1v) is 16.3. The Morgan fingerprint density at radius 2 is 1.43 bits per heavy atom. The summed E-state index contributed by atoms with van der Waals surface area (Å²) in [5.74, 6) is 0. The van der Waals surface area contributed by atoms with E-state index in [1.807, 2.05) is 18.2 Å². The van der Waals surface area contributed by atoms with Crippen LogP contribution in [0, 0.1) is 0 Å². The van der Waals surface area contributed by atoms with Gasteiger partial charge in [-0.2, -0.15) is 0 Å². The lowest BCUT2D eigenvalue weighted by Gasteiger charge is -2.31. The smallest absolute Gasteiger partial charge is 0.300 e. The quantitative estimate of drug-likeness (QED) is 0.727. The summed E-state index contributed by atoms with van der Waals surface area (Å²) >= 11 is 0. The topological polar surface area (TPSA) is 44.5 Å². The lowest BCUT2D eigenvalue weighted by atomic mass is 10.1. The Balaban J connectivity index is 2.60. The zero-order valence-corrected chi connectivity index (χ0v) is 17.5. The summed E-state index contributed by atoms with van der Waals surface area (Å²) in [6.07, 6.45) is 0.940. The van der Waals surface area contributed by atoms with Crippen molar-refractivity contribution in [1.29, 1.82) is 0 Å². The summed E-state index contributed by atoms with van der Waals surface area (Å²) in [5, 5.41) is 0. The standard InChI is InChI=1S/C15H31NO2Si3/c1-20(2,3)17-19(18-21(4,5)6)13-12-15(16)14-10-8-7-9-11-14/h7-11,15,19H,12-13,16H2,1-6H3. The van der Waals surface area contributed by atoms with E-state index in [1.54, 1.807) is 0 Å². The molecular weight excluding hydrogens is 310 g/mol. The van der Waals surface area contributed by atoms with E-state index in [0.29, 0.717) is 0 Å². The van der Waals surface area contributed by atoms with Gasteiger partial charge in [0.05, 0.1) is 0 Å². The fourth-order valence-corrected chi connectivity index (χ4v) is 10.6. The highest BCUT2D eigenvalue weighted by Crippen LogP contribution is 2.21. The fraction of sp³-hybridized carbons (Fsp3) is 0.600. The Kier molecular flexibility index (Phi) is 7.02. The van der Waals surface area contributed by atoms with Crippen LogP contribution in [0.3, 0.4) is 0 Å². The molecule has 0 aliphatic carbocycles. The molecule has 1 aromatic carbocycles. The third kappa shape index (κ3) is 8.70. The zero-order chi connectivity index (χ0) is 16.1. The second-order valence-corrected chi connectivity index (χ2v) is 19.3. The third-order valence-corrected chi connectivity index (χ3v) is 11.5. The number of rotatable bonds is 8. The highest BCUT2D eigenvalue weighted by molar-refractivity contribution is 6.81. The van der Waals surface area contributed by atoms with Gasteiger partial charge in [0.2, 0.25) is 0 Å². The van der Waals surface area contributed by atoms with Crippen LogP contribution in [0.5, 0.6) is 0 Å². The minimum Gasteiger partial charge on any atom is -0.439 e. The van der Waals surface area contributed by atoms with E-state index in [9.17, 15) is 0 Å². The van der Waals surface area contributed by atoms with E-state index in [2.05, 4.69) is 51.4 Å². The van der Waals surface area contributed by atoms with E-state index in [-0.39, 0.29) is 6.04 Å². The van der Waals surface area contributed by atoms with E-state index >= 15 is 0 Å². The van der Waals surface area contributed by atoms with Crippen molar-refractivity contribution in [1.82, 2.24) is 0 Å². The van der Waals surface area contributed by atoms with Crippen LogP contribution in [-0.4, -0.2) is 25.9 Å². The summed E-state index contributed by atoms with van der Waals surface area (Å²) in [6, 6.07) is 11.4. The van der Waals surface area contributed by atoms with Crippen LogP contribution < -0.4 is 5.73 Å². The Morgan fingerprint density at radius 1 is 0.952 bits per heavy atom. The van der Waals surface area contributed by atoms with Gasteiger partial charge in [-0.15, -0.1) is 0 Å². The molecule has 0 amide bonds. The predicted molar refractivity (Wildman–Crippen MR) is 98.8 cm³/mol. The van der Waals surface area contributed by atoms with Gasteiger partial charge in [0, 0.05) is 6.04 Å². The molecule has 0 saturated carbocycles. The highest BCUT2D eigenvalue weighted by Gasteiger charge is 2.28. The van der Waals surface area contributed by atoms with Crippen molar-refractivity contribution in [2.45, 2.75) is 57.8 Å².